The molecule has 1 atom stereocenters. The van der Waals surface area contributed by atoms with Gasteiger partial charge in [-0.2, -0.15) is 0 Å². The van der Waals surface area contributed by atoms with Crippen LogP contribution in [0.25, 0.3) is 0 Å². The lowest BCUT2D eigenvalue weighted by atomic mass is 10.1. The van der Waals surface area contributed by atoms with E-state index in [9.17, 15) is 0 Å². The van der Waals surface area contributed by atoms with E-state index in [1.165, 1.54) is 0 Å². The summed E-state index contributed by atoms with van der Waals surface area (Å²) >= 11 is 1.67. The van der Waals surface area contributed by atoms with Gasteiger partial charge in [-0.3, -0.25) is 0 Å². The second-order valence-electron chi connectivity index (χ2n) is 3.10. The zero-order valence-corrected chi connectivity index (χ0v) is 7.63. The number of hydrogen-bond donors (Lipinski definition) is 1. The van der Waals surface area contributed by atoms with E-state index in [0.29, 0.717) is 12.5 Å². The van der Waals surface area contributed by atoms with E-state index in [1.54, 1.807) is 11.3 Å². The molecule has 1 saturated heterocycles. The highest BCUT2D eigenvalue weighted by Crippen LogP contribution is 2.24. The fraction of sp³-hybridized carbons (Fsp3) is 0.625. The number of rotatable bonds is 2. The highest BCUT2D eigenvalue weighted by atomic mass is 32.1. The highest BCUT2D eigenvalue weighted by Gasteiger charge is 2.22. The summed E-state index contributed by atoms with van der Waals surface area (Å²) in [6, 6.07) is 0. The topological polar surface area (TPSA) is 36.4 Å². The Morgan fingerprint density at radius 2 is 2.67 bits per heavy atom. The van der Waals surface area contributed by atoms with Crippen molar-refractivity contribution in [2.45, 2.75) is 6.42 Å². The molecular weight excluding hydrogens is 172 g/mol. The number of nitrogens with zero attached hydrogens (tertiary/aromatic N) is 2. The zero-order chi connectivity index (χ0) is 8.39. The molecule has 2 heterocycles. The monoisotopic (exact) mass is 184 g/mol. The van der Waals surface area contributed by atoms with E-state index in [1.807, 2.05) is 11.6 Å². The van der Waals surface area contributed by atoms with Gasteiger partial charge in [-0.25, -0.2) is 4.98 Å². The Morgan fingerprint density at radius 1 is 1.75 bits per heavy atom. The molecular formula is C8H12N2OS. The Hall–Kier alpha value is -0.610. The molecule has 1 aromatic rings. The minimum Gasteiger partial charge on any atom is -0.396 e. The van der Waals surface area contributed by atoms with Gasteiger partial charge in [0, 0.05) is 37.2 Å². The van der Waals surface area contributed by atoms with E-state index in [-0.39, 0.29) is 0 Å². The number of anilines is 1. The van der Waals surface area contributed by atoms with E-state index in [4.69, 9.17) is 5.11 Å². The predicted octanol–water partition coefficient (Wildman–Crippen LogP) is 0.962. The van der Waals surface area contributed by atoms with Gasteiger partial charge in [0.1, 0.15) is 0 Å². The van der Waals surface area contributed by atoms with Crippen LogP contribution < -0.4 is 4.90 Å². The van der Waals surface area contributed by atoms with Crippen LogP contribution in [-0.4, -0.2) is 29.8 Å². The minimum atomic E-state index is 0.307. The van der Waals surface area contributed by atoms with Crippen LogP contribution in [0.1, 0.15) is 6.42 Å². The average molecular weight is 184 g/mol. The van der Waals surface area contributed by atoms with Gasteiger partial charge in [-0.05, 0) is 6.42 Å². The normalized spacial score (nSPS) is 23.4. The molecule has 0 amide bonds. The Balaban J connectivity index is 2.00. The maximum atomic E-state index is 8.94. The van der Waals surface area contributed by atoms with Crippen molar-refractivity contribution in [1.29, 1.82) is 0 Å². The summed E-state index contributed by atoms with van der Waals surface area (Å²) in [7, 11) is 0. The number of thiazole rings is 1. The molecule has 0 aromatic carbocycles. The molecule has 2 rings (SSSR count). The molecule has 12 heavy (non-hydrogen) atoms. The summed E-state index contributed by atoms with van der Waals surface area (Å²) < 4.78 is 0. The van der Waals surface area contributed by atoms with Crippen LogP contribution in [-0.2, 0) is 0 Å². The zero-order valence-electron chi connectivity index (χ0n) is 6.81. The van der Waals surface area contributed by atoms with Gasteiger partial charge in [0.05, 0.1) is 0 Å². The van der Waals surface area contributed by atoms with Gasteiger partial charge in [-0.15, -0.1) is 11.3 Å². The Kier molecular flexibility index (Phi) is 2.28. The molecule has 1 N–H and O–H groups in total. The molecule has 4 heteroatoms. The van der Waals surface area contributed by atoms with Crippen molar-refractivity contribution < 1.29 is 5.11 Å². The number of aliphatic hydroxyl groups is 1. The molecule has 66 valence electrons. The Morgan fingerprint density at radius 3 is 3.25 bits per heavy atom. The number of aliphatic hydroxyl groups excluding tert-OH is 1. The summed E-state index contributed by atoms with van der Waals surface area (Å²) in [6.07, 6.45) is 2.92. The second kappa shape index (κ2) is 3.41. The first-order valence-electron chi connectivity index (χ1n) is 4.15. The summed E-state index contributed by atoms with van der Waals surface area (Å²) in [6.45, 7) is 2.31. The first-order chi connectivity index (χ1) is 5.90. The summed E-state index contributed by atoms with van der Waals surface area (Å²) in [4.78, 5) is 6.47. The second-order valence-corrected chi connectivity index (χ2v) is 3.97. The molecule has 1 unspecified atom stereocenters. The molecule has 1 aromatic heterocycles. The lowest BCUT2D eigenvalue weighted by molar-refractivity contribution is 0.238. The predicted molar refractivity (Wildman–Crippen MR) is 49.5 cm³/mol. The van der Waals surface area contributed by atoms with Gasteiger partial charge in [0.25, 0.3) is 0 Å². The third kappa shape index (κ3) is 1.44. The average Bonchev–Trinajstić information content (AvgIpc) is 2.75. The van der Waals surface area contributed by atoms with Gasteiger partial charge < -0.3 is 10.0 Å². The van der Waals surface area contributed by atoms with Crippen molar-refractivity contribution in [3.63, 3.8) is 0 Å². The summed E-state index contributed by atoms with van der Waals surface area (Å²) in [5.74, 6) is 0.453. The van der Waals surface area contributed by atoms with Gasteiger partial charge in [0.2, 0.25) is 0 Å². The van der Waals surface area contributed by atoms with Gasteiger partial charge >= 0.3 is 0 Å². The third-order valence-corrected chi connectivity index (χ3v) is 3.07. The number of aromatic nitrogens is 1. The summed E-state index contributed by atoms with van der Waals surface area (Å²) in [5.41, 5.74) is 0. The first-order valence-corrected chi connectivity index (χ1v) is 5.03. The van der Waals surface area contributed by atoms with Crippen molar-refractivity contribution in [2.75, 3.05) is 24.6 Å². The molecule has 1 aliphatic heterocycles. The van der Waals surface area contributed by atoms with E-state index in [2.05, 4.69) is 9.88 Å². The number of hydrogen-bond acceptors (Lipinski definition) is 4. The quantitative estimate of drug-likeness (QED) is 0.743. The first kappa shape index (κ1) is 8.01. The van der Waals surface area contributed by atoms with Gasteiger partial charge in [-0.1, -0.05) is 0 Å². The van der Waals surface area contributed by atoms with Crippen LogP contribution in [0.15, 0.2) is 11.6 Å². The van der Waals surface area contributed by atoms with E-state index < -0.39 is 0 Å². The molecule has 0 radical (unpaired) electrons. The largest absolute Gasteiger partial charge is 0.396 e. The maximum absolute atomic E-state index is 8.94. The minimum absolute atomic E-state index is 0.307. The smallest absolute Gasteiger partial charge is 0.185 e. The molecule has 0 spiro atoms. The standard InChI is InChI=1S/C8H12N2OS/c11-6-7-1-3-10(5-7)8-9-2-4-12-8/h2,4,7,11H,1,3,5-6H2. The Bertz CT molecular complexity index is 237. The fourth-order valence-electron chi connectivity index (χ4n) is 1.53. The van der Waals surface area contributed by atoms with Crippen LogP contribution in [0, 0.1) is 5.92 Å². The molecule has 0 saturated carbocycles. The lowest BCUT2D eigenvalue weighted by Gasteiger charge is -2.13. The van der Waals surface area contributed by atoms with E-state index >= 15 is 0 Å². The molecule has 1 aliphatic rings. The highest BCUT2D eigenvalue weighted by molar-refractivity contribution is 7.13. The van der Waals surface area contributed by atoms with Crippen LogP contribution in [0.3, 0.4) is 0 Å². The molecule has 1 fully saturated rings. The van der Waals surface area contributed by atoms with Crippen LogP contribution in [0.2, 0.25) is 0 Å². The van der Waals surface area contributed by atoms with Crippen molar-refractivity contribution in [1.82, 2.24) is 4.98 Å². The van der Waals surface area contributed by atoms with Crippen molar-refractivity contribution in [3.8, 4) is 0 Å². The lowest BCUT2D eigenvalue weighted by Crippen LogP contribution is -2.20. The van der Waals surface area contributed by atoms with Crippen molar-refractivity contribution in [3.05, 3.63) is 11.6 Å². The Labute approximate surface area is 75.7 Å². The SMILES string of the molecule is OCC1CCN(c2nccs2)C1. The van der Waals surface area contributed by atoms with Gasteiger partial charge in [0.15, 0.2) is 5.13 Å². The van der Waals surface area contributed by atoms with Crippen molar-refractivity contribution in [2.24, 2.45) is 5.92 Å². The van der Waals surface area contributed by atoms with E-state index in [0.717, 1.165) is 24.6 Å². The molecule has 3 nitrogen and oxygen atoms in total. The van der Waals surface area contributed by atoms with Crippen LogP contribution >= 0.6 is 11.3 Å². The van der Waals surface area contributed by atoms with Crippen molar-refractivity contribution >= 4 is 16.5 Å². The summed E-state index contributed by atoms with van der Waals surface area (Å²) in [5, 5.41) is 12.0. The fourth-order valence-corrected chi connectivity index (χ4v) is 2.21. The third-order valence-electron chi connectivity index (χ3n) is 2.23. The maximum Gasteiger partial charge on any atom is 0.185 e. The molecule has 0 bridgehead atoms. The van der Waals surface area contributed by atoms with Crippen LogP contribution in [0.4, 0.5) is 5.13 Å². The van der Waals surface area contributed by atoms with Crippen LogP contribution in [0.5, 0.6) is 0 Å². The molecule has 0 aliphatic carbocycles.